The lowest BCUT2D eigenvalue weighted by Gasteiger charge is -2.09. The highest BCUT2D eigenvalue weighted by molar-refractivity contribution is 5.47. The van der Waals surface area contributed by atoms with Crippen LogP contribution in [0, 0.1) is 27.7 Å². The maximum atomic E-state index is 12.0. The van der Waals surface area contributed by atoms with Gasteiger partial charge in [0.05, 0.1) is 5.69 Å². The summed E-state index contributed by atoms with van der Waals surface area (Å²) in [6, 6.07) is 3.97. The first-order valence-electron chi connectivity index (χ1n) is 5.63. The number of hydrogen-bond acceptors (Lipinski definition) is 2. The zero-order chi connectivity index (χ0) is 12.7. The van der Waals surface area contributed by atoms with E-state index in [1.54, 1.807) is 11.6 Å². The lowest BCUT2D eigenvalue weighted by Crippen LogP contribution is -2.22. The summed E-state index contributed by atoms with van der Waals surface area (Å²) in [7, 11) is 1.73. The minimum absolute atomic E-state index is 0.103. The van der Waals surface area contributed by atoms with Gasteiger partial charge in [-0.15, -0.1) is 0 Å². The highest BCUT2D eigenvalue weighted by Gasteiger charge is 2.12. The molecule has 90 valence electrons. The van der Waals surface area contributed by atoms with Crippen molar-refractivity contribution in [3.05, 3.63) is 45.1 Å². The summed E-state index contributed by atoms with van der Waals surface area (Å²) < 4.78 is 3.02. The third-order valence-electron chi connectivity index (χ3n) is 3.46. The van der Waals surface area contributed by atoms with Crippen molar-refractivity contribution in [1.82, 2.24) is 14.3 Å². The number of nitrogens with zero attached hydrogens (tertiary/aromatic N) is 3. The van der Waals surface area contributed by atoms with Gasteiger partial charge in [-0.1, -0.05) is 6.07 Å². The van der Waals surface area contributed by atoms with Gasteiger partial charge < -0.3 is 0 Å². The van der Waals surface area contributed by atoms with Crippen LogP contribution in [0.5, 0.6) is 0 Å². The Hall–Kier alpha value is -1.84. The minimum atomic E-state index is -0.103. The highest BCUT2D eigenvalue weighted by atomic mass is 16.2. The largest absolute Gasteiger partial charge is 0.350 e. The van der Waals surface area contributed by atoms with E-state index in [9.17, 15) is 4.79 Å². The Morgan fingerprint density at radius 3 is 2.24 bits per heavy atom. The van der Waals surface area contributed by atoms with Gasteiger partial charge >= 0.3 is 5.69 Å². The van der Waals surface area contributed by atoms with Crippen LogP contribution in [0.1, 0.15) is 22.5 Å². The summed E-state index contributed by atoms with van der Waals surface area (Å²) in [5, 5.41) is 4.28. The SMILES string of the molecule is Cc1ccc(-n2nc(C)n(C)c2=O)c(C)c1C. The molecular weight excluding hydrogens is 214 g/mol. The molecule has 1 aromatic carbocycles. The number of hydrogen-bond donors (Lipinski definition) is 0. The van der Waals surface area contributed by atoms with Crippen LogP contribution >= 0.6 is 0 Å². The van der Waals surface area contributed by atoms with Gasteiger partial charge in [0.15, 0.2) is 0 Å². The fourth-order valence-corrected chi connectivity index (χ4v) is 1.86. The van der Waals surface area contributed by atoms with E-state index in [2.05, 4.69) is 18.9 Å². The van der Waals surface area contributed by atoms with Crippen LogP contribution in [0.15, 0.2) is 16.9 Å². The lowest BCUT2D eigenvalue weighted by molar-refractivity contribution is 0.791. The van der Waals surface area contributed by atoms with Crippen molar-refractivity contribution < 1.29 is 0 Å². The molecule has 0 aliphatic rings. The fourth-order valence-electron chi connectivity index (χ4n) is 1.86. The Morgan fingerprint density at radius 1 is 1.06 bits per heavy atom. The molecule has 0 saturated carbocycles. The van der Waals surface area contributed by atoms with Crippen LogP contribution < -0.4 is 5.69 Å². The van der Waals surface area contributed by atoms with Crippen LogP contribution in [0.4, 0.5) is 0 Å². The summed E-state index contributed by atoms with van der Waals surface area (Å²) >= 11 is 0. The smallest absolute Gasteiger partial charge is 0.282 e. The molecule has 0 spiro atoms. The summed E-state index contributed by atoms with van der Waals surface area (Å²) in [4.78, 5) is 12.0. The van der Waals surface area contributed by atoms with Gasteiger partial charge in [-0.25, -0.2) is 4.79 Å². The zero-order valence-electron chi connectivity index (χ0n) is 10.9. The molecule has 1 heterocycles. The summed E-state index contributed by atoms with van der Waals surface area (Å²) in [5.41, 5.74) is 4.30. The van der Waals surface area contributed by atoms with Gasteiger partial charge in [0.25, 0.3) is 0 Å². The highest BCUT2D eigenvalue weighted by Crippen LogP contribution is 2.19. The molecule has 0 N–H and O–H groups in total. The molecule has 0 aliphatic carbocycles. The minimum Gasteiger partial charge on any atom is -0.282 e. The summed E-state index contributed by atoms with van der Waals surface area (Å²) in [6.45, 7) is 7.98. The number of rotatable bonds is 1. The maximum Gasteiger partial charge on any atom is 0.350 e. The average Bonchev–Trinajstić information content (AvgIpc) is 2.54. The van der Waals surface area contributed by atoms with E-state index in [0.717, 1.165) is 11.3 Å². The van der Waals surface area contributed by atoms with E-state index in [1.807, 2.05) is 26.0 Å². The van der Waals surface area contributed by atoms with Crippen LogP contribution in [0.2, 0.25) is 0 Å². The lowest BCUT2D eigenvalue weighted by atomic mass is 10.0. The predicted octanol–water partition coefficient (Wildman–Crippen LogP) is 1.80. The zero-order valence-corrected chi connectivity index (χ0v) is 10.9. The Kier molecular flexibility index (Phi) is 2.65. The Bertz CT molecular complexity index is 635. The number of aryl methyl sites for hydroxylation is 2. The van der Waals surface area contributed by atoms with Crippen molar-refractivity contribution in [1.29, 1.82) is 0 Å². The second kappa shape index (κ2) is 3.87. The monoisotopic (exact) mass is 231 g/mol. The standard InChI is InChI=1S/C13H17N3O/c1-8-6-7-12(10(3)9(8)2)16-13(17)15(5)11(4)14-16/h6-7H,1-5H3. The Balaban J connectivity index is 2.74. The van der Waals surface area contributed by atoms with Crippen LogP contribution in [0.25, 0.3) is 5.69 Å². The topological polar surface area (TPSA) is 39.8 Å². The molecular formula is C13H17N3O. The van der Waals surface area contributed by atoms with Crippen molar-refractivity contribution in [2.75, 3.05) is 0 Å². The van der Waals surface area contributed by atoms with E-state index >= 15 is 0 Å². The summed E-state index contributed by atoms with van der Waals surface area (Å²) in [5.74, 6) is 0.715. The quantitative estimate of drug-likeness (QED) is 0.751. The molecule has 2 aromatic rings. The second-order valence-corrected chi connectivity index (χ2v) is 4.45. The molecule has 0 amide bonds. The van der Waals surface area contributed by atoms with Gasteiger partial charge in [-0.3, -0.25) is 4.57 Å². The predicted molar refractivity (Wildman–Crippen MR) is 67.8 cm³/mol. The first-order chi connectivity index (χ1) is 7.93. The molecule has 0 radical (unpaired) electrons. The van der Waals surface area contributed by atoms with Crippen LogP contribution in [0.3, 0.4) is 0 Å². The Labute approximate surface area is 101 Å². The average molecular weight is 231 g/mol. The molecule has 0 unspecified atom stereocenters. The van der Waals surface area contributed by atoms with Crippen molar-refractivity contribution in [2.24, 2.45) is 7.05 Å². The number of aromatic nitrogens is 3. The molecule has 17 heavy (non-hydrogen) atoms. The van der Waals surface area contributed by atoms with Gasteiger partial charge in [-0.05, 0) is 50.5 Å². The molecule has 1 aromatic heterocycles. The number of benzene rings is 1. The molecule has 0 atom stereocenters. The summed E-state index contributed by atoms with van der Waals surface area (Å²) in [6.07, 6.45) is 0. The first-order valence-corrected chi connectivity index (χ1v) is 5.63. The van der Waals surface area contributed by atoms with Gasteiger partial charge in [0.1, 0.15) is 5.82 Å². The molecule has 0 fully saturated rings. The van der Waals surface area contributed by atoms with Gasteiger partial charge in [-0.2, -0.15) is 9.78 Å². The fraction of sp³-hybridized carbons (Fsp3) is 0.385. The molecule has 0 aliphatic heterocycles. The second-order valence-electron chi connectivity index (χ2n) is 4.45. The van der Waals surface area contributed by atoms with Crippen molar-refractivity contribution >= 4 is 0 Å². The van der Waals surface area contributed by atoms with E-state index in [0.29, 0.717) is 5.82 Å². The van der Waals surface area contributed by atoms with Crippen molar-refractivity contribution in [2.45, 2.75) is 27.7 Å². The van der Waals surface area contributed by atoms with E-state index in [-0.39, 0.29) is 5.69 Å². The van der Waals surface area contributed by atoms with Gasteiger partial charge in [0.2, 0.25) is 0 Å². The van der Waals surface area contributed by atoms with E-state index < -0.39 is 0 Å². The molecule has 4 nitrogen and oxygen atoms in total. The third-order valence-corrected chi connectivity index (χ3v) is 3.46. The normalized spacial score (nSPS) is 10.9. The van der Waals surface area contributed by atoms with E-state index in [1.165, 1.54) is 15.8 Å². The molecule has 0 bridgehead atoms. The van der Waals surface area contributed by atoms with Crippen molar-refractivity contribution in [3.63, 3.8) is 0 Å². The van der Waals surface area contributed by atoms with Gasteiger partial charge in [0, 0.05) is 7.05 Å². The van der Waals surface area contributed by atoms with Crippen molar-refractivity contribution in [3.8, 4) is 5.69 Å². The van der Waals surface area contributed by atoms with E-state index in [4.69, 9.17) is 0 Å². The Morgan fingerprint density at radius 2 is 1.71 bits per heavy atom. The third kappa shape index (κ3) is 1.69. The maximum absolute atomic E-state index is 12.0. The first kappa shape index (κ1) is 11.6. The van der Waals surface area contributed by atoms with Crippen LogP contribution in [-0.2, 0) is 7.05 Å². The molecule has 2 rings (SSSR count). The molecule has 0 saturated heterocycles. The van der Waals surface area contributed by atoms with Crippen LogP contribution in [-0.4, -0.2) is 14.3 Å². The molecule has 4 heteroatoms.